The summed E-state index contributed by atoms with van der Waals surface area (Å²) in [5, 5.41) is 14.1. The first-order valence-electron chi connectivity index (χ1n) is 5.98. The molecule has 1 aromatic carbocycles. The van der Waals surface area contributed by atoms with E-state index in [0.717, 1.165) is 12.8 Å². The summed E-state index contributed by atoms with van der Waals surface area (Å²) >= 11 is 3.16. The molecule has 0 aliphatic heterocycles. The van der Waals surface area contributed by atoms with Crippen molar-refractivity contribution >= 4 is 27.3 Å². The van der Waals surface area contributed by atoms with Gasteiger partial charge in [0.05, 0.1) is 16.0 Å². The summed E-state index contributed by atoms with van der Waals surface area (Å²) in [6, 6.07) is 5.05. The van der Waals surface area contributed by atoms with Gasteiger partial charge in [-0.05, 0) is 47.4 Å². The highest BCUT2D eigenvalue weighted by molar-refractivity contribution is 9.10. The third-order valence-corrected chi connectivity index (χ3v) is 3.31. The standard InChI is InChI=1S/C12H18BrN3O3/c1-19-8-10(3-2-6-14)15-9-4-5-11(13)12(7-9)16(17)18/h4-5,7,10,15H,2-3,6,8,14H2,1H3. The van der Waals surface area contributed by atoms with Crippen molar-refractivity contribution < 1.29 is 9.66 Å². The maximum absolute atomic E-state index is 10.9. The van der Waals surface area contributed by atoms with Crippen molar-refractivity contribution in [2.24, 2.45) is 5.73 Å². The van der Waals surface area contributed by atoms with Crippen LogP contribution in [0.3, 0.4) is 0 Å². The molecule has 6 nitrogen and oxygen atoms in total. The number of halogens is 1. The first-order valence-corrected chi connectivity index (χ1v) is 6.77. The Hall–Kier alpha value is -1.18. The van der Waals surface area contributed by atoms with E-state index in [2.05, 4.69) is 21.2 Å². The van der Waals surface area contributed by atoms with Gasteiger partial charge in [0.15, 0.2) is 0 Å². The Balaban J connectivity index is 2.78. The Kier molecular flexibility index (Phi) is 6.75. The highest BCUT2D eigenvalue weighted by atomic mass is 79.9. The highest BCUT2D eigenvalue weighted by Gasteiger charge is 2.14. The third-order valence-electron chi connectivity index (χ3n) is 2.64. The van der Waals surface area contributed by atoms with E-state index in [1.165, 1.54) is 6.07 Å². The smallest absolute Gasteiger partial charge is 0.285 e. The molecule has 0 amide bonds. The molecule has 0 saturated carbocycles. The van der Waals surface area contributed by atoms with Gasteiger partial charge in [-0.2, -0.15) is 0 Å². The van der Waals surface area contributed by atoms with Gasteiger partial charge in [0.1, 0.15) is 0 Å². The number of nitro benzene ring substituents is 1. The zero-order valence-electron chi connectivity index (χ0n) is 10.8. The molecule has 0 radical (unpaired) electrons. The monoisotopic (exact) mass is 331 g/mol. The lowest BCUT2D eigenvalue weighted by Gasteiger charge is -2.18. The predicted octanol–water partition coefficient (Wildman–Crippen LogP) is 2.52. The summed E-state index contributed by atoms with van der Waals surface area (Å²) in [5.74, 6) is 0. The summed E-state index contributed by atoms with van der Waals surface area (Å²) in [4.78, 5) is 10.4. The van der Waals surface area contributed by atoms with Crippen LogP contribution in [0.1, 0.15) is 12.8 Å². The van der Waals surface area contributed by atoms with Gasteiger partial charge in [0.2, 0.25) is 0 Å². The second-order valence-corrected chi connectivity index (χ2v) is 5.01. The van der Waals surface area contributed by atoms with Crippen LogP contribution in [-0.4, -0.2) is 31.2 Å². The van der Waals surface area contributed by atoms with Gasteiger partial charge in [-0.15, -0.1) is 0 Å². The molecule has 0 aromatic heterocycles. The average Bonchev–Trinajstić information content (AvgIpc) is 2.38. The van der Waals surface area contributed by atoms with E-state index in [-0.39, 0.29) is 11.7 Å². The predicted molar refractivity (Wildman–Crippen MR) is 78.4 cm³/mol. The topological polar surface area (TPSA) is 90.4 Å². The number of hydrogen-bond donors (Lipinski definition) is 2. The van der Waals surface area contributed by atoms with Gasteiger partial charge >= 0.3 is 0 Å². The first kappa shape index (κ1) is 15.9. The van der Waals surface area contributed by atoms with Crippen molar-refractivity contribution in [3.63, 3.8) is 0 Å². The van der Waals surface area contributed by atoms with Gasteiger partial charge in [-0.3, -0.25) is 10.1 Å². The molecule has 0 spiro atoms. The molecule has 1 atom stereocenters. The number of nitrogens with two attached hydrogens (primary N) is 1. The number of nitrogens with one attached hydrogen (secondary N) is 1. The van der Waals surface area contributed by atoms with Crippen LogP contribution >= 0.6 is 15.9 Å². The lowest BCUT2D eigenvalue weighted by Crippen LogP contribution is -2.25. The summed E-state index contributed by atoms with van der Waals surface area (Å²) in [6.45, 7) is 1.15. The normalized spacial score (nSPS) is 12.2. The molecule has 106 valence electrons. The molecular weight excluding hydrogens is 314 g/mol. The van der Waals surface area contributed by atoms with E-state index in [1.807, 2.05) is 0 Å². The van der Waals surface area contributed by atoms with Crippen LogP contribution in [0.5, 0.6) is 0 Å². The quantitative estimate of drug-likeness (QED) is 0.564. The van der Waals surface area contributed by atoms with Gasteiger partial charge < -0.3 is 15.8 Å². The largest absolute Gasteiger partial charge is 0.383 e. The molecule has 0 aliphatic rings. The third kappa shape index (κ3) is 5.14. The zero-order valence-corrected chi connectivity index (χ0v) is 12.4. The van der Waals surface area contributed by atoms with Crippen molar-refractivity contribution in [3.8, 4) is 0 Å². The number of methoxy groups -OCH3 is 1. The van der Waals surface area contributed by atoms with Crippen molar-refractivity contribution in [2.45, 2.75) is 18.9 Å². The molecule has 3 N–H and O–H groups in total. The minimum Gasteiger partial charge on any atom is -0.383 e. The Morgan fingerprint density at radius 2 is 2.32 bits per heavy atom. The molecular formula is C12H18BrN3O3. The number of nitro groups is 1. The molecule has 1 unspecified atom stereocenters. The lowest BCUT2D eigenvalue weighted by molar-refractivity contribution is -0.385. The zero-order chi connectivity index (χ0) is 14.3. The number of nitrogens with zero attached hydrogens (tertiary/aromatic N) is 1. The number of rotatable bonds is 8. The highest BCUT2D eigenvalue weighted by Crippen LogP contribution is 2.28. The van der Waals surface area contributed by atoms with E-state index in [4.69, 9.17) is 10.5 Å². The van der Waals surface area contributed by atoms with Crippen molar-refractivity contribution in [1.82, 2.24) is 0 Å². The Labute approximate surface area is 120 Å². The molecule has 0 saturated heterocycles. The second-order valence-electron chi connectivity index (χ2n) is 4.15. The number of benzene rings is 1. The van der Waals surface area contributed by atoms with E-state index >= 15 is 0 Å². The maximum Gasteiger partial charge on any atom is 0.285 e. The Bertz CT molecular complexity index is 429. The Morgan fingerprint density at radius 1 is 1.58 bits per heavy atom. The van der Waals surface area contributed by atoms with Crippen LogP contribution < -0.4 is 11.1 Å². The first-order chi connectivity index (χ1) is 9.08. The fraction of sp³-hybridized carbons (Fsp3) is 0.500. The van der Waals surface area contributed by atoms with E-state index in [0.29, 0.717) is 23.3 Å². The van der Waals surface area contributed by atoms with Gasteiger partial charge in [-0.1, -0.05) is 0 Å². The van der Waals surface area contributed by atoms with Crippen molar-refractivity contribution in [1.29, 1.82) is 0 Å². The SMILES string of the molecule is COCC(CCCN)Nc1ccc(Br)c([N+](=O)[O-])c1. The van der Waals surface area contributed by atoms with E-state index in [1.54, 1.807) is 19.2 Å². The van der Waals surface area contributed by atoms with Gasteiger partial charge in [-0.25, -0.2) is 0 Å². The molecule has 0 fully saturated rings. The Morgan fingerprint density at radius 3 is 2.89 bits per heavy atom. The fourth-order valence-corrected chi connectivity index (χ4v) is 2.13. The van der Waals surface area contributed by atoms with Gasteiger partial charge in [0.25, 0.3) is 5.69 Å². The van der Waals surface area contributed by atoms with Crippen molar-refractivity contribution in [2.75, 3.05) is 25.6 Å². The van der Waals surface area contributed by atoms with Gasteiger partial charge in [0, 0.05) is 24.9 Å². The van der Waals surface area contributed by atoms with Crippen LogP contribution in [-0.2, 0) is 4.74 Å². The van der Waals surface area contributed by atoms with Crippen LogP contribution in [0.4, 0.5) is 11.4 Å². The lowest BCUT2D eigenvalue weighted by atomic mass is 10.1. The molecule has 7 heteroatoms. The summed E-state index contributed by atoms with van der Waals surface area (Å²) < 4.78 is 5.59. The number of hydrogen-bond acceptors (Lipinski definition) is 5. The molecule has 1 aromatic rings. The molecule has 0 heterocycles. The molecule has 1 rings (SSSR count). The average molecular weight is 332 g/mol. The van der Waals surface area contributed by atoms with Crippen LogP contribution in [0.15, 0.2) is 22.7 Å². The second kappa shape index (κ2) is 8.08. The van der Waals surface area contributed by atoms with Crippen LogP contribution in [0, 0.1) is 10.1 Å². The number of ether oxygens (including phenoxy) is 1. The molecule has 0 aliphatic carbocycles. The molecule has 0 bridgehead atoms. The molecule has 19 heavy (non-hydrogen) atoms. The maximum atomic E-state index is 10.9. The summed E-state index contributed by atoms with van der Waals surface area (Å²) in [5.41, 5.74) is 6.23. The van der Waals surface area contributed by atoms with E-state index in [9.17, 15) is 10.1 Å². The minimum absolute atomic E-state index is 0.0417. The fourth-order valence-electron chi connectivity index (χ4n) is 1.74. The minimum atomic E-state index is -0.416. The van der Waals surface area contributed by atoms with E-state index < -0.39 is 4.92 Å². The van der Waals surface area contributed by atoms with Crippen LogP contribution in [0.2, 0.25) is 0 Å². The van der Waals surface area contributed by atoms with Crippen molar-refractivity contribution in [3.05, 3.63) is 32.8 Å². The summed E-state index contributed by atoms with van der Waals surface area (Å²) in [7, 11) is 1.63. The number of anilines is 1. The van der Waals surface area contributed by atoms with Crippen LogP contribution in [0.25, 0.3) is 0 Å². The summed E-state index contributed by atoms with van der Waals surface area (Å²) in [6.07, 6.45) is 1.73.